The highest BCUT2D eigenvalue weighted by Gasteiger charge is 2.09. The van der Waals surface area contributed by atoms with Crippen molar-refractivity contribution in [3.63, 3.8) is 0 Å². The summed E-state index contributed by atoms with van der Waals surface area (Å²) in [6.07, 6.45) is 0. The fourth-order valence-electron chi connectivity index (χ4n) is 2.16. The molecule has 2 N–H and O–H groups in total. The Labute approximate surface area is 124 Å². The van der Waals surface area contributed by atoms with Crippen LogP contribution in [0.4, 0.5) is 5.13 Å². The zero-order chi connectivity index (χ0) is 14.7. The third kappa shape index (κ3) is 3.35. The van der Waals surface area contributed by atoms with Gasteiger partial charge in [-0.3, -0.25) is 0 Å². The molecule has 2 aromatic rings. The molecule has 4 nitrogen and oxygen atoms in total. The Hall–Kier alpha value is -1.46. The van der Waals surface area contributed by atoms with Crippen molar-refractivity contribution in [3.05, 3.63) is 40.2 Å². The number of nitrogens with zero attached hydrogens (tertiary/aromatic N) is 2. The molecule has 0 saturated heterocycles. The lowest BCUT2D eigenvalue weighted by Gasteiger charge is -2.12. The molecule has 0 fully saturated rings. The van der Waals surface area contributed by atoms with Gasteiger partial charge in [0.25, 0.3) is 0 Å². The fourth-order valence-corrected chi connectivity index (χ4v) is 2.86. The van der Waals surface area contributed by atoms with E-state index in [-0.39, 0.29) is 6.61 Å². The van der Waals surface area contributed by atoms with Crippen LogP contribution in [-0.2, 0) is 13.2 Å². The van der Waals surface area contributed by atoms with E-state index < -0.39 is 0 Å². The molecule has 108 valence electrons. The van der Waals surface area contributed by atoms with Gasteiger partial charge in [0.15, 0.2) is 0 Å². The van der Waals surface area contributed by atoms with Crippen LogP contribution in [0.3, 0.4) is 0 Å². The van der Waals surface area contributed by atoms with E-state index in [1.54, 1.807) is 0 Å². The van der Waals surface area contributed by atoms with Gasteiger partial charge in [-0.15, -0.1) is 0 Å². The summed E-state index contributed by atoms with van der Waals surface area (Å²) >= 11 is 1.40. The Morgan fingerprint density at radius 2 is 1.90 bits per heavy atom. The van der Waals surface area contributed by atoms with E-state index in [2.05, 4.69) is 42.4 Å². The van der Waals surface area contributed by atoms with Gasteiger partial charge in [-0.1, -0.05) is 26.0 Å². The molecule has 1 aromatic carbocycles. The molecule has 0 bridgehead atoms. The minimum absolute atomic E-state index is 0.0868. The maximum Gasteiger partial charge on any atom is 0.202 e. The first-order valence-electron chi connectivity index (χ1n) is 6.78. The molecular weight excluding hydrogens is 270 g/mol. The average molecular weight is 291 g/mol. The zero-order valence-electron chi connectivity index (χ0n) is 12.4. The maximum atomic E-state index is 9.21. The number of nitrogens with one attached hydrogen (secondary N) is 1. The molecule has 0 unspecified atom stereocenters. The quantitative estimate of drug-likeness (QED) is 0.886. The molecule has 1 heterocycles. The largest absolute Gasteiger partial charge is 0.392 e. The van der Waals surface area contributed by atoms with Crippen LogP contribution >= 0.6 is 11.5 Å². The molecule has 1 aromatic heterocycles. The van der Waals surface area contributed by atoms with Crippen molar-refractivity contribution >= 4 is 16.7 Å². The minimum atomic E-state index is 0.0868. The minimum Gasteiger partial charge on any atom is -0.392 e. The molecule has 0 aliphatic carbocycles. The second-order valence-corrected chi connectivity index (χ2v) is 6.08. The third-order valence-electron chi connectivity index (χ3n) is 3.31. The monoisotopic (exact) mass is 291 g/mol. The normalized spacial score (nSPS) is 11.1. The van der Waals surface area contributed by atoms with Crippen molar-refractivity contribution in [1.82, 2.24) is 9.36 Å². The van der Waals surface area contributed by atoms with Crippen molar-refractivity contribution in [2.24, 2.45) is 0 Å². The Morgan fingerprint density at radius 3 is 2.40 bits per heavy atom. The van der Waals surface area contributed by atoms with Crippen molar-refractivity contribution in [2.45, 2.75) is 46.8 Å². The second-order valence-electron chi connectivity index (χ2n) is 5.33. The maximum absolute atomic E-state index is 9.21. The molecule has 0 aliphatic rings. The molecular formula is C15H21N3OS. The predicted octanol–water partition coefficient (Wildman–Crippen LogP) is 3.38. The Kier molecular flexibility index (Phi) is 4.73. The topological polar surface area (TPSA) is 58.0 Å². The Bertz CT molecular complexity index is 570. The van der Waals surface area contributed by atoms with E-state index in [0.29, 0.717) is 5.92 Å². The molecule has 20 heavy (non-hydrogen) atoms. The molecule has 5 heteroatoms. The molecule has 0 saturated carbocycles. The van der Waals surface area contributed by atoms with Crippen LogP contribution in [0.5, 0.6) is 0 Å². The zero-order valence-corrected chi connectivity index (χ0v) is 13.2. The van der Waals surface area contributed by atoms with Crippen LogP contribution in [0, 0.1) is 13.8 Å². The highest BCUT2D eigenvalue weighted by molar-refractivity contribution is 7.09. The van der Waals surface area contributed by atoms with Gasteiger partial charge in [0.1, 0.15) is 5.82 Å². The van der Waals surface area contributed by atoms with Crippen LogP contribution in [-0.4, -0.2) is 14.5 Å². The van der Waals surface area contributed by atoms with E-state index in [0.717, 1.165) is 23.1 Å². The van der Waals surface area contributed by atoms with E-state index in [4.69, 9.17) is 0 Å². The fraction of sp³-hybridized carbons (Fsp3) is 0.467. The summed E-state index contributed by atoms with van der Waals surface area (Å²) in [6, 6.07) is 4.06. The van der Waals surface area contributed by atoms with Crippen molar-refractivity contribution in [3.8, 4) is 0 Å². The molecule has 0 aliphatic heterocycles. The van der Waals surface area contributed by atoms with Crippen molar-refractivity contribution < 1.29 is 5.11 Å². The summed E-state index contributed by atoms with van der Waals surface area (Å²) in [7, 11) is 0. The van der Waals surface area contributed by atoms with Crippen LogP contribution in [0.1, 0.15) is 47.8 Å². The summed E-state index contributed by atoms with van der Waals surface area (Å²) in [5, 5.41) is 13.4. The lowest BCUT2D eigenvalue weighted by Crippen LogP contribution is -2.04. The number of aliphatic hydroxyl groups excluding tert-OH is 1. The first-order chi connectivity index (χ1) is 9.51. The first-order valence-corrected chi connectivity index (χ1v) is 7.56. The summed E-state index contributed by atoms with van der Waals surface area (Å²) in [4.78, 5) is 4.47. The van der Waals surface area contributed by atoms with Crippen LogP contribution in [0.2, 0.25) is 0 Å². The Morgan fingerprint density at radius 1 is 1.25 bits per heavy atom. The SMILES string of the molecule is Cc1cc(CO)cc(C)c1CNc1nc(C(C)C)ns1. The molecule has 0 spiro atoms. The highest BCUT2D eigenvalue weighted by Crippen LogP contribution is 2.21. The number of rotatable bonds is 5. The van der Waals surface area contributed by atoms with Crippen LogP contribution in [0.15, 0.2) is 12.1 Å². The molecule has 0 atom stereocenters. The number of hydrogen-bond donors (Lipinski definition) is 2. The van der Waals surface area contributed by atoms with Gasteiger partial charge in [0.05, 0.1) is 6.61 Å². The third-order valence-corrected chi connectivity index (χ3v) is 4.00. The lowest BCUT2D eigenvalue weighted by molar-refractivity contribution is 0.281. The molecule has 0 amide bonds. The number of aromatic nitrogens is 2. The van der Waals surface area contributed by atoms with Crippen LogP contribution < -0.4 is 5.32 Å². The van der Waals surface area contributed by atoms with Gasteiger partial charge in [-0.05, 0) is 36.1 Å². The highest BCUT2D eigenvalue weighted by atomic mass is 32.1. The van der Waals surface area contributed by atoms with Gasteiger partial charge in [-0.2, -0.15) is 4.37 Å². The van der Waals surface area contributed by atoms with Gasteiger partial charge in [-0.25, -0.2) is 4.98 Å². The van der Waals surface area contributed by atoms with Crippen molar-refractivity contribution in [1.29, 1.82) is 0 Å². The summed E-state index contributed by atoms with van der Waals surface area (Å²) in [6.45, 7) is 9.15. The molecule has 2 rings (SSSR count). The number of anilines is 1. The summed E-state index contributed by atoms with van der Waals surface area (Å²) < 4.78 is 4.34. The van der Waals surface area contributed by atoms with E-state index >= 15 is 0 Å². The van der Waals surface area contributed by atoms with Crippen LogP contribution in [0.25, 0.3) is 0 Å². The second kappa shape index (κ2) is 6.33. The number of aryl methyl sites for hydroxylation is 2. The summed E-state index contributed by atoms with van der Waals surface area (Å²) in [5.41, 5.74) is 4.59. The van der Waals surface area contributed by atoms with Crippen molar-refractivity contribution in [2.75, 3.05) is 5.32 Å². The van der Waals surface area contributed by atoms with Gasteiger partial charge < -0.3 is 10.4 Å². The lowest BCUT2D eigenvalue weighted by atomic mass is 9.99. The molecule has 0 radical (unpaired) electrons. The van der Waals surface area contributed by atoms with Gasteiger partial charge >= 0.3 is 0 Å². The predicted molar refractivity (Wildman–Crippen MR) is 83.2 cm³/mol. The average Bonchev–Trinajstić information content (AvgIpc) is 2.86. The smallest absolute Gasteiger partial charge is 0.202 e. The number of aliphatic hydroxyl groups is 1. The summed E-state index contributed by atoms with van der Waals surface area (Å²) in [5.74, 6) is 1.25. The van der Waals surface area contributed by atoms with E-state index in [1.165, 1.54) is 28.2 Å². The van der Waals surface area contributed by atoms with E-state index in [9.17, 15) is 5.11 Å². The standard InChI is InChI=1S/C15H21N3OS/c1-9(2)14-17-15(20-18-14)16-7-13-10(3)5-12(8-19)6-11(13)4/h5-6,9,19H,7-8H2,1-4H3,(H,16,17,18). The number of benzene rings is 1. The van der Waals surface area contributed by atoms with Gasteiger partial charge in [0, 0.05) is 24.0 Å². The first kappa shape index (κ1) is 14.9. The Balaban J connectivity index is 2.10. The van der Waals surface area contributed by atoms with E-state index in [1.807, 2.05) is 12.1 Å². The van der Waals surface area contributed by atoms with Gasteiger partial charge in [0.2, 0.25) is 5.13 Å². The number of hydrogen-bond acceptors (Lipinski definition) is 5.